The Kier molecular flexibility index (Phi) is 5.20. The molecule has 0 amide bonds. The molecule has 21 heavy (non-hydrogen) atoms. The lowest BCUT2D eigenvalue weighted by Crippen LogP contribution is -2.07. The maximum atomic E-state index is 10.6. The SMILES string of the molecule is CC(CC(=O)O)Cc1nc(Cc2c(Cl)cccc2Cl)no1. The van der Waals surface area contributed by atoms with Crippen molar-refractivity contribution in [1.82, 2.24) is 10.1 Å². The van der Waals surface area contributed by atoms with E-state index in [1.54, 1.807) is 18.2 Å². The maximum Gasteiger partial charge on any atom is 0.303 e. The van der Waals surface area contributed by atoms with Crippen LogP contribution in [-0.4, -0.2) is 21.2 Å². The maximum absolute atomic E-state index is 10.6. The molecular formula is C14H14Cl2N2O3. The zero-order chi connectivity index (χ0) is 15.4. The summed E-state index contributed by atoms with van der Waals surface area (Å²) in [6, 6.07) is 5.26. The molecule has 1 heterocycles. The van der Waals surface area contributed by atoms with E-state index in [2.05, 4.69) is 10.1 Å². The van der Waals surface area contributed by atoms with E-state index in [1.807, 2.05) is 6.92 Å². The van der Waals surface area contributed by atoms with Gasteiger partial charge in [0.05, 0.1) is 0 Å². The zero-order valence-electron chi connectivity index (χ0n) is 11.3. The van der Waals surface area contributed by atoms with Crippen molar-refractivity contribution >= 4 is 29.2 Å². The molecule has 2 aromatic rings. The van der Waals surface area contributed by atoms with E-state index in [0.717, 1.165) is 5.56 Å². The normalized spacial score (nSPS) is 12.3. The number of nitrogens with zero attached hydrogens (tertiary/aromatic N) is 2. The molecule has 0 spiro atoms. The fourth-order valence-corrected chi connectivity index (χ4v) is 2.50. The number of hydrogen-bond acceptors (Lipinski definition) is 4. The Labute approximate surface area is 131 Å². The summed E-state index contributed by atoms with van der Waals surface area (Å²) < 4.78 is 5.13. The van der Waals surface area contributed by atoms with E-state index in [4.69, 9.17) is 32.8 Å². The van der Waals surface area contributed by atoms with Gasteiger partial charge in [0.25, 0.3) is 0 Å². The molecular weight excluding hydrogens is 315 g/mol. The Morgan fingerprint density at radius 3 is 2.67 bits per heavy atom. The lowest BCUT2D eigenvalue weighted by atomic mass is 10.0. The molecule has 2 rings (SSSR count). The van der Waals surface area contributed by atoms with Gasteiger partial charge in [-0.25, -0.2) is 0 Å². The van der Waals surface area contributed by atoms with Crippen LogP contribution in [0.4, 0.5) is 0 Å². The standard InChI is InChI=1S/C14H14Cl2N2O3/c1-8(6-14(19)20)5-13-17-12(18-21-13)7-9-10(15)3-2-4-11(9)16/h2-4,8H,5-7H2,1H3,(H,19,20). The Morgan fingerprint density at radius 2 is 2.05 bits per heavy atom. The van der Waals surface area contributed by atoms with Crippen LogP contribution in [0.25, 0.3) is 0 Å². The van der Waals surface area contributed by atoms with E-state index < -0.39 is 5.97 Å². The first-order valence-corrected chi connectivity index (χ1v) is 7.17. The van der Waals surface area contributed by atoms with Gasteiger partial charge in [-0.3, -0.25) is 4.79 Å². The van der Waals surface area contributed by atoms with Gasteiger partial charge in [0.2, 0.25) is 5.89 Å². The van der Waals surface area contributed by atoms with Crippen molar-refractivity contribution in [2.24, 2.45) is 5.92 Å². The molecule has 0 saturated heterocycles. The second-order valence-electron chi connectivity index (χ2n) is 4.89. The van der Waals surface area contributed by atoms with Gasteiger partial charge in [-0.05, 0) is 23.6 Å². The third kappa shape index (κ3) is 4.44. The van der Waals surface area contributed by atoms with E-state index in [0.29, 0.717) is 34.6 Å². The summed E-state index contributed by atoms with van der Waals surface area (Å²) in [7, 11) is 0. The molecule has 0 fully saturated rings. The summed E-state index contributed by atoms with van der Waals surface area (Å²) in [4.78, 5) is 14.9. The van der Waals surface area contributed by atoms with Crippen molar-refractivity contribution < 1.29 is 14.4 Å². The van der Waals surface area contributed by atoms with Crippen molar-refractivity contribution in [1.29, 1.82) is 0 Å². The van der Waals surface area contributed by atoms with Crippen LogP contribution < -0.4 is 0 Å². The van der Waals surface area contributed by atoms with Gasteiger partial charge in [-0.1, -0.05) is 41.3 Å². The number of halogens is 2. The van der Waals surface area contributed by atoms with Gasteiger partial charge in [0.1, 0.15) is 0 Å². The van der Waals surface area contributed by atoms with Crippen LogP contribution in [0.2, 0.25) is 10.0 Å². The van der Waals surface area contributed by atoms with Crippen LogP contribution >= 0.6 is 23.2 Å². The Balaban J connectivity index is 2.05. The Bertz CT molecular complexity index is 623. The molecule has 5 nitrogen and oxygen atoms in total. The van der Waals surface area contributed by atoms with Crippen LogP contribution in [-0.2, 0) is 17.6 Å². The molecule has 0 aliphatic rings. The second-order valence-corrected chi connectivity index (χ2v) is 5.70. The summed E-state index contributed by atoms with van der Waals surface area (Å²) in [6.45, 7) is 1.82. The molecule has 1 aromatic heterocycles. The van der Waals surface area contributed by atoms with Crippen LogP contribution in [0.3, 0.4) is 0 Å². The number of benzene rings is 1. The largest absolute Gasteiger partial charge is 0.481 e. The van der Waals surface area contributed by atoms with E-state index in [-0.39, 0.29) is 12.3 Å². The monoisotopic (exact) mass is 328 g/mol. The average Bonchev–Trinajstić information content (AvgIpc) is 2.80. The highest BCUT2D eigenvalue weighted by molar-refractivity contribution is 6.36. The van der Waals surface area contributed by atoms with Crippen molar-refractivity contribution in [3.8, 4) is 0 Å². The smallest absolute Gasteiger partial charge is 0.303 e. The number of hydrogen-bond donors (Lipinski definition) is 1. The molecule has 0 aliphatic carbocycles. The number of carbonyl (C=O) groups is 1. The van der Waals surface area contributed by atoms with Crippen LogP contribution in [0, 0.1) is 5.92 Å². The third-order valence-corrected chi connectivity index (χ3v) is 3.66. The molecule has 0 aliphatic heterocycles. The fraction of sp³-hybridized carbons (Fsp3) is 0.357. The van der Waals surface area contributed by atoms with Crippen molar-refractivity contribution in [2.45, 2.75) is 26.2 Å². The minimum absolute atomic E-state index is 0.0635. The Morgan fingerprint density at radius 1 is 1.38 bits per heavy atom. The second kappa shape index (κ2) is 6.91. The molecule has 0 bridgehead atoms. The van der Waals surface area contributed by atoms with Crippen LogP contribution in [0.5, 0.6) is 0 Å². The average molecular weight is 329 g/mol. The number of carboxylic acid groups (broad SMARTS) is 1. The van der Waals surface area contributed by atoms with Crippen molar-refractivity contribution in [2.75, 3.05) is 0 Å². The van der Waals surface area contributed by atoms with E-state index >= 15 is 0 Å². The first kappa shape index (κ1) is 15.8. The van der Waals surface area contributed by atoms with Crippen LogP contribution in [0.15, 0.2) is 22.7 Å². The van der Waals surface area contributed by atoms with Crippen molar-refractivity contribution in [3.05, 3.63) is 45.5 Å². The molecule has 1 unspecified atom stereocenters. The summed E-state index contributed by atoms with van der Waals surface area (Å²) >= 11 is 12.2. The number of aromatic nitrogens is 2. The fourth-order valence-electron chi connectivity index (χ4n) is 1.97. The van der Waals surface area contributed by atoms with E-state index in [1.165, 1.54) is 0 Å². The van der Waals surface area contributed by atoms with Gasteiger partial charge in [-0.2, -0.15) is 4.98 Å². The summed E-state index contributed by atoms with van der Waals surface area (Å²) in [5.41, 5.74) is 0.742. The van der Waals surface area contributed by atoms with Gasteiger partial charge in [-0.15, -0.1) is 0 Å². The summed E-state index contributed by atoms with van der Waals surface area (Å²) in [5.74, 6) is -0.0192. The van der Waals surface area contributed by atoms with Crippen LogP contribution in [0.1, 0.15) is 30.6 Å². The highest BCUT2D eigenvalue weighted by Crippen LogP contribution is 2.26. The minimum Gasteiger partial charge on any atom is -0.481 e. The number of carboxylic acids is 1. The molecule has 0 radical (unpaired) electrons. The molecule has 112 valence electrons. The lowest BCUT2D eigenvalue weighted by Gasteiger charge is -2.04. The third-order valence-electron chi connectivity index (χ3n) is 2.95. The highest BCUT2D eigenvalue weighted by atomic mass is 35.5. The van der Waals surface area contributed by atoms with Gasteiger partial charge < -0.3 is 9.63 Å². The van der Waals surface area contributed by atoms with Gasteiger partial charge in [0.15, 0.2) is 5.82 Å². The summed E-state index contributed by atoms with van der Waals surface area (Å²) in [5, 5.41) is 13.7. The first-order valence-electron chi connectivity index (χ1n) is 6.42. The lowest BCUT2D eigenvalue weighted by molar-refractivity contribution is -0.137. The van der Waals surface area contributed by atoms with E-state index in [9.17, 15) is 4.79 Å². The summed E-state index contributed by atoms with van der Waals surface area (Å²) in [6.07, 6.45) is 0.860. The molecule has 0 saturated carbocycles. The molecule has 1 atom stereocenters. The van der Waals surface area contributed by atoms with Gasteiger partial charge in [0, 0.05) is 29.3 Å². The predicted molar refractivity (Wildman–Crippen MR) is 78.7 cm³/mol. The minimum atomic E-state index is -0.843. The Hall–Kier alpha value is -1.59. The van der Waals surface area contributed by atoms with Crippen molar-refractivity contribution in [3.63, 3.8) is 0 Å². The number of rotatable bonds is 6. The first-order chi connectivity index (χ1) is 9.95. The molecule has 1 aromatic carbocycles. The predicted octanol–water partition coefficient (Wildman–Crippen LogP) is 3.62. The van der Waals surface area contributed by atoms with Gasteiger partial charge >= 0.3 is 5.97 Å². The topological polar surface area (TPSA) is 76.2 Å². The zero-order valence-corrected chi connectivity index (χ0v) is 12.9. The highest BCUT2D eigenvalue weighted by Gasteiger charge is 2.15. The molecule has 1 N–H and O–H groups in total. The quantitative estimate of drug-likeness (QED) is 0.876. The molecule has 7 heteroatoms. The number of aliphatic carboxylic acids is 1.